The van der Waals surface area contributed by atoms with E-state index in [2.05, 4.69) is 41.2 Å². The standard InChI is InChI=1S/C28H29F5N10O3/c29-27(30)5-3-17(4-6-27)21(39-24(44)23-22(16-1-2-16)40-46-41-23)18-13-42-20(37-18)9-15(12-36-42)10-26(14-43-34-7-8-35-43)11-19(28(31,32)33)38-25(26)45/h7-9,12-13,16-17,19,21H,1-6,10-11,14H2,(H,38,45)(H,39,44)/t19-,21-,26-/m0/s1. The van der Waals surface area contributed by atoms with Gasteiger partial charge in [0.15, 0.2) is 11.3 Å². The van der Waals surface area contributed by atoms with Crippen LogP contribution in [0.2, 0.25) is 0 Å². The van der Waals surface area contributed by atoms with Crippen LogP contribution in [0.5, 0.6) is 0 Å². The largest absolute Gasteiger partial charge is 0.408 e. The molecule has 0 aromatic carbocycles. The monoisotopic (exact) mass is 648 g/mol. The Bertz CT molecular complexity index is 1740. The minimum Gasteiger partial charge on any atom is -0.344 e. The predicted molar refractivity (Wildman–Crippen MR) is 145 cm³/mol. The van der Waals surface area contributed by atoms with Crippen molar-refractivity contribution in [2.45, 2.75) is 88.0 Å². The molecule has 46 heavy (non-hydrogen) atoms. The molecule has 4 aromatic rings. The van der Waals surface area contributed by atoms with Gasteiger partial charge in [-0.1, -0.05) is 5.16 Å². The Morgan fingerprint density at radius 3 is 2.52 bits per heavy atom. The summed E-state index contributed by atoms with van der Waals surface area (Å²) >= 11 is 0. The van der Waals surface area contributed by atoms with E-state index in [1.807, 2.05) is 0 Å². The Labute approximate surface area is 257 Å². The number of amides is 2. The van der Waals surface area contributed by atoms with Crippen molar-refractivity contribution in [3.8, 4) is 0 Å². The maximum absolute atomic E-state index is 14.1. The Hall–Kier alpha value is -4.51. The predicted octanol–water partition coefficient (Wildman–Crippen LogP) is 3.56. The lowest BCUT2D eigenvalue weighted by atomic mass is 9.79. The quantitative estimate of drug-likeness (QED) is 0.259. The molecule has 1 aliphatic heterocycles. The molecule has 2 saturated carbocycles. The Morgan fingerprint density at radius 1 is 1.11 bits per heavy atom. The fourth-order valence-corrected chi connectivity index (χ4v) is 6.57. The summed E-state index contributed by atoms with van der Waals surface area (Å²) in [6.07, 6.45) is 1.77. The number of rotatable bonds is 9. The van der Waals surface area contributed by atoms with Crippen LogP contribution >= 0.6 is 0 Å². The van der Waals surface area contributed by atoms with Crippen LogP contribution in [-0.2, 0) is 17.8 Å². The summed E-state index contributed by atoms with van der Waals surface area (Å²) < 4.78 is 75.4. The molecule has 0 bridgehead atoms. The van der Waals surface area contributed by atoms with Crippen LogP contribution < -0.4 is 10.6 Å². The molecule has 2 amide bonds. The Balaban J connectivity index is 1.18. The highest BCUT2D eigenvalue weighted by atomic mass is 19.4. The third kappa shape index (κ3) is 5.91. The molecule has 2 aliphatic carbocycles. The number of alkyl halides is 5. The van der Waals surface area contributed by atoms with Gasteiger partial charge in [-0.15, -0.1) is 0 Å². The van der Waals surface area contributed by atoms with Gasteiger partial charge in [0.05, 0.1) is 48.5 Å². The smallest absolute Gasteiger partial charge is 0.344 e. The van der Waals surface area contributed by atoms with Gasteiger partial charge in [-0.25, -0.2) is 22.9 Å². The van der Waals surface area contributed by atoms with Gasteiger partial charge in [0.2, 0.25) is 11.8 Å². The van der Waals surface area contributed by atoms with Crippen LogP contribution in [0.25, 0.3) is 5.65 Å². The zero-order valence-corrected chi connectivity index (χ0v) is 24.3. The molecule has 3 fully saturated rings. The first-order valence-electron chi connectivity index (χ1n) is 15.0. The van der Waals surface area contributed by atoms with E-state index in [1.54, 1.807) is 12.3 Å². The van der Waals surface area contributed by atoms with Crippen molar-refractivity contribution < 1.29 is 36.2 Å². The van der Waals surface area contributed by atoms with Crippen LogP contribution in [0, 0.1) is 11.3 Å². The van der Waals surface area contributed by atoms with Crippen molar-refractivity contribution in [3.05, 3.63) is 53.5 Å². The number of aromatic nitrogens is 8. The lowest BCUT2D eigenvalue weighted by molar-refractivity contribution is -0.155. The zero-order valence-electron chi connectivity index (χ0n) is 24.3. The molecule has 4 aromatic heterocycles. The Kier molecular flexibility index (Phi) is 7.26. The van der Waals surface area contributed by atoms with Gasteiger partial charge in [0.1, 0.15) is 11.7 Å². The molecule has 0 spiro atoms. The first-order chi connectivity index (χ1) is 21.9. The highest BCUT2D eigenvalue weighted by molar-refractivity contribution is 5.93. The van der Waals surface area contributed by atoms with Gasteiger partial charge < -0.3 is 10.6 Å². The maximum atomic E-state index is 14.1. The van der Waals surface area contributed by atoms with Gasteiger partial charge in [-0.05, 0) is 61.2 Å². The molecular formula is C28H29F5N10O3. The second kappa shape index (κ2) is 11.1. The van der Waals surface area contributed by atoms with Crippen LogP contribution in [0.15, 0.2) is 35.5 Å². The first-order valence-corrected chi connectivity index (χ1v) is 15.0. The number of nitrogens with zero attached hydrogens (tertiary/aromatic N) is 8. The van der Waals surface area contributed by atoms with E-state index in [-0.39, 0.29) is 56.2 Å². The van der Waals surface area contributed by atoms with Crippen molar-refractivity contribution in [1.82, 2.24) is 50.5 Å². The lowest BCUT2D eigenvalue weighted by Crippen LogP contribution is -2.40. The second-order valence-corrected chi connectivity index (χ2v) is 12.5. The third-order valence-electron chi connectivity index (χ3n) is 9.16. The molecule has 3 atom stereocenters. The maximum Gasteiger partial charge on any atom is 0.408 e. The number of hydrogen-bond donors (Lipinski definition) is 2. The van der Waals surface area contributed by atoms with Gasteiger partial charge in [0.25, 0.3) is 5.91 Å². The average Bonchev–Trinajstić information content (AvgIpc) is 3.37. The van der Waals surface area contributed by atoms with E-state index in [0.717, 1.165) is 12.8 Å². The lowest BCUT2D eigenvalue weighted by Gasteiger charge is -2.33. The number of halogens is 5. The van der Waals surface area contributed by atoms with E-state index in [0.29, 0.717) is 22.6 Å². The van der Waals surface area contributed by atoms with Crippen LogP contribution in [0.3, 0.4) is 0 Å². The number of hydrogen-bond acceptors (Lipinski definition) is 9. The Morgan fingerprint density at radius 2 is 1.85 bits per heavy atom. The summed E-state index contributed by atoms with van der Waals surface area (Å²) in [5.74, 6) is -4.42. The van der Waals surface area contributed by atoms with E-state index in [9.17, 15) is 31.5 Å². The number of fused-ring (bicyclic) bond motifs is 1. The number of imidazole rings is 1. The molecular weight excluding hydrogens is 619 g/mol. The molecule has 7 rings (SSSR count). The average molecular weight is 649 g/mol. The first kappa shape index (κ1) is 30.2. The van der Waals surface area contributed by atoms with Gasteiger partial charge in [-0.2, -0.15) is 33.3 Å². The van der Waals surface area contributed by atoms with E-state index in [1.165, 1.54) is 27.9 Å². The normalized spacial score (nSPS) is 24.3. The highest BCUT2D eigenvalue weighted by Crippen LogP contribution is 2.44. The fraction of sp³-hybridized carbons (Fsp3) is 0.571. The van der Waals surface area contributed by atoms with Crippen LogP contribution in [-0.4, -0.2) is 69.9 Å². The summed E-state index contributed by atoms with van der Waals surface area (Å²) in [4.78, 5) is 32.3. The summed E-state index contributed by atoms with van der Waals surface area (Å²) in [7, 11) is 0. The van der Waals surface area contributed by atoms with Crippen molar-refractivity contribution in [2.75, 3.05) is 0 Å². The van der Waals surface area contributed by atoms with Crippen molar-refractivity contribution >= 4 is 17.5 Å². The van der Waals surface area contributed by atoms with Crippen LogP contribution in [0.1, 0.15) is 84.3 Å². The molecule has 3 aliphatic rings. The molecule has 13 nitrogen and oxygen atoms in total. The topological polar surface area (TPSA) is 158 Å². The number of nitrogens with one attached hydrogen (secondary N) is 2. The molecule has 0 unspecified atom stereocenters. The summed E-state index contributed by atoms with van der Waals surface area (Å²) in [6, 6.07) is -1.20. The third-order valence-corrected chi connectivity index (χ3v) is 9.16. The number of carbonyl (C=O) groups excluding carboxylic acids is 2. The highest BCUT2D eigenvalue weighted by Gasteiger charge is 2.56. The zero-order chi connectivity index (χ0) is 32.3. The molecule has 18 heteroatoms. The van der Waals surface area contributed by atoms with E-state index in [4.69, 9.17) is 4.63 Å². The molecule has 0 radical (unpaired) electrons. The van der Waals surface area contributed by atoms with E-state index < -0.39 is 47.8 Å². The molecule has 244 valence electrons. The minimum atomic E-state index is -4.64. The minimum absolute atomic E-state index is 0.0433. The molecule has 2 N–H and O–H groups in total. The van der Waals surface area contributed by atoms with Crippen molar-refractivity contribution in [3.63, 3.8) is 0 Å². The SMILES string of the molecule is O=C(N[C@H](c1cn2ncc(C[C@@]3(Cn4nccn4)C[C@@H](C(F)(F)F)NC3=O)cc2n1)C1CCC(F)(F)CC1)c1nonc1C1CC1. The van der Waals surface area contributed by atoms with Gasteiger partial charge in [0, 0.05) is 18.8 Å². The van der Waals surface area contributed by atoms with Crippen LogP contribution in [0.4, 0.5) is 22.0 Å². The van der Waals surface area contributed by atoms with Gasteiger partial charge >= 0.3 is 6.18 Å². The van der Waals surface area contributed by atoms with Crippen molar-refractivity contribution in [2.24, 2.45) is 11.3 Å². The summed E-state index contributed by atoms with van der Waals surface area (Å²) in [5, 5.41) is 25.0. The van der Waals surface area contributed by atoms with Gasteiger partial charge in [-0.3, -0.25) is 9.59 Å². The fourth-order valence-electron chi connectivity index (χ4n) is 6.57. The number of carbonyl (C=O) groups is 2. The summed E-state index contributed by atoms with van der Waals surface area (Å²) in [6.45, 7) is -0.191. The molecule has 5 heterocycles. The molecule has 1 saturated heterocycles. The second-order valence-electron chi connectivity index (χ2n) is 12.5. The summed E-state index contributed by atoms with van der Waals surface area (Å²) in [5.41, 5.74) is 0.0770. The van der Waals surface area contributed by atoms with E-state index >= 15 is 0 Å². The van der Waals surface area contributed by atoms with Crippen molar-refractivity contribution in [1.29, 1.82) is 0 Å².